The number of hydrogen-bond donors (Lipinski definition) is 2. The standard InChI is InChI=1S/C21H35N5/c1-4-25-12-14-26(15-13-25)18(2)16-23-20(22-3)24-17-21(10-11-21)19-8-6-5-7-9-19/h5-9,18H,4,10-17H2,1-3H3,(H2,22,23,24). The van der Waals surface area contributed by atoms with Crippen molar-refractivity contribution in [1.82, 2.24) is 20.4 Å². The molecular weight excluding hydrogens is 322 g/mol. The highest BCUT2D eigenvalue weighted by atomic mass is 15.3. The van der Waals surface area contributed by atoms with E-state index in [0.29, 0.717) is 11.5 Å². The summed E-state index contributed by atoms with van der Waals surface area (Å²) in [5.74, 6) is 0.922. The number of nitrogens with zero attached hydrogens (tertiary/aromatic N) is 3. The van der Waals surface area contributed by atoms with Gasteiger partial charge in [-0.2, -0.15) is 0 Å². The van der Waals surface area contributed by atoms with Gasteiger partial charge in [0.05, 0.1) is 0 Å². The molecule has 5 heteroatoms. The molecule has 0 spiro atoms. The summed E-state index contributed by atoms with van der Waals surface area (Å²) < 4.78 is 0. The van der Waals surface area contributed by atoms with Gasteiger partial charge in [0, 0.05) is 57.8 Å². The van der Waals surface area contributed by atoms with Crippen molar-refractivity contribution in [2.24, 2.45) is 4.99 Å². The van der Waals surface area contributed by atoms with Crippen LogP contribution in [-0.4, -0.2) is 74.7 Å². The molecule has 0 amide bonds. The second-order valence-corrected chi connectivity index (χ2v) is 7.77. The molecule has 1 unspecified atom stereocenters. The summed E-state index contributed by atoms with van der Waals surface area (Å²) in [6, 6.07) is 11.4. The van der Waals surface area contributed by atoms with E-state index in [1.807, 2.05) is 7.05 Å². The van der Waals surface area contributed by atoms with Crippen molar-refractivity contribution >= 4 is 5.96 Å². The molecule has 1 aliphatic carbocycles. The summed E-state index contributed by atoms with van der Waals surface area (Å²) in [4.78, 5) is 9.53. The van der Waals surface area contributed by atoms with Crippen molar-refractivity contribution in [3.8, 4) is 0 Å². The Hall–Kier alpha value is -1.59. The van der Waals surface area contributed by atoms with Crippen molar-refractivity contribution in [3.63, 3.8) is 0 Å². The molecule has 0 bridgehead atoms. The summed E-state index contributed by atoms with van der Waals surface area (Å²) in [7, 11) is 1.86. The molecule has 1 heterocycles. The fourth-order valence-electron chi connectivity index (χ4n) is 3.88. The predicted octanol–water partition coefficient (Wildman–Crippen LogP) is 1.91. The Bertz CT molecular complexity index is 573. The lowest BCUT2D eigenvalue weighted by molar-refractivity contribution is 0.107. The van der Waals surface area contributed by atoms with Crippen LogP contribution in [0.3, 0.4) is 0 Å². The Labute approximate surface area is 158 Å². The summed E-state index contributed by atoms with van der Waals surface area (Å²) in [6.07, 6.45) is 2.53. The highest BCUT2D eigenvalue weighted by molar-refractivity contribution is 5.79. The van der Waals surface area contributed by atoms with Crippen molar-refractivity contribution in [2.75, 3.05) is 52.9 Å². The molecule has 1 aromatic rings. The monoisotopic (exact) mass is 357 g/mol. The van der Waals surface area contributed by atoms with Gasteiger partial charge in [0.25, 0.3) is 0 Å². The number of benzene rings is 1. The van der Waals surface area contributed by atoms with Crippen molar-refractivity contribution in [1.29, 1.82) is 0 Å². The zero-order chi connectivity index (χ0) is 18.4. The fourth-order valence-corrected chi connectivity index (χ4v) is 3.88. The van der Waals surface area contributed by atoms with Gasteiger partial charge in [-0.3, -0.25) is 9.89 Å². The minimum Gasteiger partial charge on any atom is -0.356 e. The van der Waals surface area contributed by atoms with Crippen LogP contribution >= 0.6 is 0 Å². The largest absolute Gasteiger partial charge is 0.356 e. The Morgan fingerprint density at radius 1 is 1.12 bits per heavy atom. The molecule has 3 rings (SSSR count). The number of rotatable bonds is 7. The lowest BCUT2D eigenvalue weighted by atomic mass is 9.96. The minimum atomic E-state index is 0.307. The minimum absolute atomic E-state index is 0.307. The molecule has 1 saturated carbocycles. The molecule has 0 aromatic heterocycles. The lowest BCUT2D eigenvalue weighted by Gasteiger charge is -2.37. The van der Waals surface area contributed by atoms with E-state index in [-0.39, 0.29) is 0 Å². The maximum atomic E-state index is 4.42. The number of piperazine rings is 1. The first-order valence-electron chi connectivity index (χ1n) is 10.1. The van der Waals surface area contributed by atoms with Crippen molar-refractivity contribution in [2.45, 2.75) is 38.1 Å². The third-order valence-electron chi connectivity index (χ3n) is 6.10. The molecule has 5 nitrogen and oxygen atoms in total. The van der Waals surface area contributed by atoms with Crippen molar-refractivity contribution < 1.29 is 0 Å². The van der Waals surface area contributed by atoms with E-state index in [0.717, 1.165) is 19.0 Å². The molecule has 1 aliphatic heterocycles. The van der Waals surface area contributed by atoms with Crippen LogP contribution in [0.2, 0.25) is 0 Å². The summed E-state index contributed by atoms with van der Waals surface area (Å²) in [5.41, 5.74) is 1.76. The van der Waals surface area contributed by atoms with Crippen LogP contribution in [0.15, 0.2) is 35.3 Å². The van der Waals surface area contributed by atoms with E-state index >= 15 is 0 Å². The first-order valence-corrected chi connectivity index (χ1v) is 10.1. The average Bonchev–Trinajstić information content (AvgIpc) is 3.50. The maximum Gasteiger partial charge on any atom is 0.191 e. The van der Waals surface area contributed by atoms with E-state index in [1.54, 1.807) is 0 Å². The van der Waals surface area contributed by atoms with Crippen LogP contribution in [-0.2, 0) is 5.41 Å². The van der Waals surface area contributed by atoms with Crippen LogP contribution in [0.1, 0.15) is 32.3 Å². The Morgan fingerprint density at radius 2 is 1.81 bits per heavy atom. The second kappa shape index (κ2) is 8.87. The lowest BCUT2D eigenvalue weighted by Crippen LogP contribution is -2.53. The fraction of sp³-hybridized carbons (Fsp3) is 0.667. The van der Waals surface area contributed by atoms with E-state index in [1.165, 1.54) is 51.1 Å². The van der Waals surface area contributed by atoms with E-state index in [2.05, 4.69) is 69.6 Å². The van der Waals surface area contributed by atoms with Gasteiger partial charge in [0.1, 0.15) is 0 Å². The molecular formula is C21H35N5. The van der Waals surface area contributed by atoms with Crippen LogP contribution in [0.25, 0.3) is 0 Å². The SMILES string of the molecule is CCN1CCN(C(C)CNC(=NC)NCC2(c3ccccc3)CC2)CC1. The Kier molecular flexibility index (Phi) is 6.54. The third-order valence-corrected chi connectivity index (χ3v) is 6.10. The van der Waals surface area contributed by atoms with Gasteiger partial charge >= 0.3 is 0 Å². The molecule has 2 fully saturated rings. The van der Waals surface area contributed by atoms with Crippen LogP contribution < -0.4 is 10.6 Å². The number of guanidine groups is 1. The summed E-state index contributed by atoms with van der Waals surface area (Å²) in [5, 5.41) is 7.08. The molecule has 1 aromatic carbocycles. The second-order valence-electron chi connectivity index (χ2n) is 7.77. The van der Waals surface area contributed by atoms with Gasteiger partial charge in [-0.25, -0.2) is 0 Å². The van der Waals surface area contributed by atoms with E-state index < -0.39 is 0 Å². The van der Waals surface area contributed by atoms with Gasteiger partial charge in [0.2, 0.25) is 0 Å². The molecule has 144 valence electrons. The normalized spacial score (nSPS) is 22.0. The molecule has 1 saturated heterocycles. The Balaban J connectivity index is 1.43. The number of likely N-dealkylation sites (N-methyl/N-ethyl adjacent to an activating group) is 1. The smallest absolute Gasteiger partial charge is 0.191 e. The highest BCUT2D eigenvalue weighted by Gasteiger charge is 2.44. The zero-order valence-electron chi connectivity index (χ0n) is 16.7. The number of hydrogen-bond acceptors (Lipinski definition) is 3. The number of aliphatic imine (C=N–C) groups is 1. The first-order chi connectivity index (χ1) is 12.7. The van der Waals surface area contributed by atoms with E-state index in [4.69, 9.17) is 0 Å². The highest BCUT2D eigenvalue weighted by Crippen LogP contribution is 2.47. The van der Waals surface area contributed by atoms with Crippen LogP contribution in [0.5, 0.6) is 0 Å². The number of nitrogens with one attached hydrogen (secondary N) is 2. The molecule has 1 atom stereocenters. The molecule has 2 N–H and O–H groups in total. The van der Waals surface area contributed by atoms with Gasteiger partial charge in [-0.15, -0.1) is 0 Å². The van der Waals surface area contributed by atoms with Gasteiger partial charge < -0.3 is 15.5 Å². The van der Waals surface area contributed by atoms with Crippen LogP contribution in [0, 0.1) is 0 Å². The average molecular weight is 358 g/mol. The summed E-state index contributed by atoms with van der Waals surface area (Å²) in [6.45, 7) is 12.3. The molecule has 26 heavy (non-hydrogen) atoms. The Morgan fingerprint density at radius 3 is 2.38 bits per heavy atom. The first kappa shape index (κ1) is 19.2. The van der Waals surface area contributed by atoms with Gasteiger partial charge in [-0.05, 0) is 31.9 Å². The topological polar surface area (TPSA) is 42.9 Å². The summed E-state index contributed by atoms with van der Waals surface area (Å²) >= 11 is 0. The van der Waals surface area contributed by atoms with Crippen molar-refractivity contribution in [3.05, 3.63) is 35.9 Å². The quantitative estimate of drug-likeness (QED) is 0.578. The molecule has 0 radical (unpaired) electrons. The third kappa shape index (κ3) is 4.77. The van der Waals surface area contributed by atoms with Gasteiger partial charge in [0.15, 0.2) is 5.96 Å². The zero-order valence-corrected chi connectivity index (χ0v) is 16.7. The molecule has 2 aliphatic rings. The maximum absolute atomic E-state index is 4.42. The van der Waals surface area contributed by atoms with E-state index in [9.17, 15) is 0 Å². The van der Waals surface area contributed by atoms with Gasteiger partial charge in [-0.1, -0.05) is 37.3 Å². The predicted molar refractivity (Wildman–Crippen MR) is 110 cm³/mol. The van der Waals surface area contributed by atoms with Crippen LogP contribution in [0.4, 0.5) is 0 Å².